The molecule has 0 heterocycles. The first-order chi connectivity index (χ1) is 10.9. The van der Waals surface area contributed by atoms with Gasteiger partial charge in [0.25, 0.3) is 0 Å². The molecule has 0 spiro atoms. The lowest BCUT2D eigenvalue weighted by Gasteiger charge is -2.19. The van der Waals surface area contributed by atoms with Crippen molar-refractivity contribution in [1.82, 2.24) is 4.31 Å². The molecule has 0 aliphatic rings. The highest BCUT2D eigenvalue weighted by atomic mass is 35.5. The minimum absolute atomic E-state index is 0.104. The van der Waals surface area contributed by atoms with Gasteiger partial charge in [-0.25, -0.2) is 12.7 Å². The highest BCUT2D eigenvalue weighted by molar-refractivity contribution is 7.88. The third kappa shape index (κ3) is 6.29. The summed E-state index contributed by atoms with van der Waals surface area (Å²) in [5, 5.41) is 2.05. The van der Waals surface area contributed by atoms with Gasteiger partial charge in [0.2, 0.25) is 15.9 Å². The second kappa shape index (κ2) is 8.17. The van der Waals surface area contributed by atoms with Crippen molar-refractivity contribution in [2.45, 2.75) is 25.9 Å². The molecule has 24 heavy (non-hydrogen) atoms. The van der Waals surface area contributed by atoms with Crippen molar-refractivity contribution in [3.05, 3.63) is 28.8 Å². The van der Waals surface area contributed by atoms with E-state index in [1.165, 1.54) is 6.07 Å². The lowest BCUT2D eigenvalue weighted by molar-refractivity contribution is -0.137. The Bertz CT molecular complexity index is 693. The molecule has 0 saturated carbocycles. The van der Waals surface area contributed by atoms with Crippen LogP contribution in [0.5, 0.6) is 0 Å². The molecule has 1 aromatic carbocycles. The standard InChI is InChI=1S/C14H18ClF3N2O3S/c1-3-7-20(24(2,22)23)8-6-13(21)19-12-5-4-10(15)9-11(12)14(16,17)18/h4-5,9H,3,6-8H2,1-2H3,(H,19,21). The van der Waals surface area contributed by atoms with E-state index < -0.39 is 33.4 Å². The number of nitrogens with one attached hydrogen (secondary N) is 1. The van der Waals surface area contributed by atoms with E-state index >= 15 is 0 Å². The largest absolute Gasteiger partial charge is 0.418 e. The fourth-order valence-electron chi connectivity index (χ4n) is 1.99. The molecule has 0 fully saturated rings. The first-order valence-corrected chi connectivity index (χ1v) is 9.29. The second-order valence-corrected chi connectivity index (χ2v) is 7.57. The van der Waals surface area contributed by atoms with Crippen LogP contribution in [0.1, 0.15) is 25.3 Å². The summed E-state index contributed by atoms with van der Waals surface area (Å²) < 4.78 is 63.1. The van der Waals surface area contributed by atoms with E-state index in [2.05, 4.69) is 5.32 Å². The Labute approximate surface area is 143 Å². The Kier molecular flexibility index (Phi) is 7.06. The maximum Gasteiger partial charge on any atom is 0.418 e. The number of carbonyl (C=O) groups excluding carboxylic acids is 1. The van der Waals surface area contributed by atoms with Crippen LogP contribution >= 0.6 is 11.6 Å². The third-order valence-corrected chi connectivity index (χ3v) is 4.63. The van der Waals surface area contributed by atoms with E-state index in [4.69, 9.17) is 11.6 Å². The molecule has 0 aromatic heterocycles. The Morgan fingerprint density at radius 3 is 2.42 bits per heavy atom. The molecule has 0 atom stereocenters. The molecule has 0 aliphatic heterocycles. The Balaban J connectivity index is 2.82. The number of alkyl halides is 3. The number of hydrogen-bond donors (Lipinski definition) is 1. The van der Waals surface area contributed by atoms with Gasteiger partial charge in [0.1, 0.15) is 0 Å². The number of anilines is 1. The van der Waals surface area contributed by atoms with Crippen LogP contribution in [0.2, 0.25) is 5.02 Å². The van der Waals surface area contributed by atoms with Crippen LogP contribution < -0.4 is 5.32 Å². The third-order valence-electron chi connectivity index (χ3n) is 3.09. The highest BCUT2D eigenvalue weighted by Crippen LogP contribution is 2.36. The van der Waals surface area contributed by atoms with Crippen molar-refractivity contribution in [3.8, 4) is 0 Å². The van der Waals surface area contributed by atoms with E-state index in [9.17, 15) is 26.4 Å². The van der Waals surface area contributed by atoms with Gasteiger partial charge in [0.05, 0.1) is 17.5 Å². The molecule has 0 radical (unpaired) electrons. The molecule has 5 nitrogen and oxygen atoms in total. The summed E-state index contributed by atoms with van der Waals surface area (Å²) in [4.78, 5) is 11.9. The summed E-state index contributed by atoms with van der Waals surface area (Å²) in [5.41, 5.74) is -1.48. The van der Waals surface area contributed by atoms with Gasteiger partial charge in [-0.15, -0.1) is 0 Å². The number of nitrogens with zero attached hydrogens (tertiary/aromatic N) is 1. The zero-order valence-electron chi connectivity index (χ0n) is 13.2. The van der Waals surface area contributed by atoms with Gasteiger partial charge in [-0.2, -0.15) is 13.2 Å². The van der Waals surface area contributed by atoms with Crippen molar-refractivity contribution in [2.75, 3.05) is 24.7 Å². The van der Waals surface area contributed by atoms with Crippen molar-refractivity contribution >= 4 is 33.2 Å². The van der Waals surface area contributed by atoms with Crippen LogP contribution in [0, 0.1) is 0 Å². The van der Waals surface area contributed by atoms with E-state index in [0.717, 1.165) is 22.7 Å². The van der Waals surface area contributed by atoms with Gasteiger partial charge in [-0.05, 0) is 24.6 Å². The molecule has 1 amide bonds. The van der Waals surface area contributed by atoms with Gasteiger partial charge in [0.15, 0.2) is 0 Å². The molecule has 136 valence electrons. The molecule has 1 rings (SSSR count). The second-order valence-electron chi connectivity index (χ2n) is 5.15. The van der Waals surface area contributed by atoms with E-state index in [1.807, 2.05) is 0 Å². The lowest BCUT2D eigenvalue weighted by Crippen LogP contribution is -2.33. The summed E-state index contributed by atoms with van der Waals surface area (Å²) >= 11 is 5.56. The molecule has 0 unspecified atom stereocenters. The number of halogens is 4. The van der Waals surface area contributed by atoms with Crippen LogP contribution in [0.25, 0.3) is 0 Å². The molecule has 0 saturated heterocycles. The fourth-order valence-corrected chi connectivity index (χ4v) is 3.10. The highest BCUT2D eigenvalue weighted by Gasteiger charge is 2.34. The lowest BCUT2D eigenvalue weighted by atomic mass is 10.1. The molecule has 0 aliphatic carbocycles. The van der Waals surface area contributed by atoms with Gasteiger partial charge in [0, 0.05) is 24.5 Å². The van der Waals surface area contributed by atoms with Crippen molar-refractivity contribution in [2.24, 2.45) is 0 Å². The zero-order valence-corrected chi connectivity index (χ0v) is 14.7. The van der Waals surface area contributed by atoms with Gasteiger partial charge in [-0.3, -0.25) is 4.79 Å². The monoisotopic (exact) mass is 386 g/mol. The minimum Gasteiger partial charge on any atom is -0.325 e. The van der Waals surface area contributed by atoms with Gasteiger partial charge < -0.3 is 5.32 Å². The van der Waals surface area contributed by atoms with E-state index in [0.29, 0.717) is 6.42 Å². The van der Waals surface area contributed by atoms with Crippen LogP contribution in [0.15, 0.2) is 18.2 Å². The SMILES string of the molecule is CCCN(CCC(=O)Nc1ccc(Cl)cc1C(F)(F)F)S(C)(=O)=O. The molecule has 10 heteroatoms. The van der Waals surface area contributed by atoms with Crippen molar-refractivity contribution in [1.29, 1.82) is 0 Å². The topological polar surface area (TPSA) is 66.5 Å². The van der Waals surface area contributed by atoms with Crippen molar-refractivity contribution in [3.63, 3.8) is 0 Å². The smallest absolute Gasteiger partial charge is 0.325 e. The van der Waals surface area contributed by atoms with Crippen LogP contribution in [0.4, 0.5) is 18.9 Å². The molecule has 1 N–H and O–H groups in total. The summed E-state index contributed by atoms with van der Waals surface area (Å²) in [6, 6.07) is 3.01. The first-order valence-electron chi connectivity index (χ1n) is 7.07. The average Bonchev–Trinajstić information content (AvgIpc) is 2.43. The first kappa shape index (κ1) is 20.7. The zero-order chi connectivity index (χ0) is 18.5. The molecule has 0 bridgehead atoms. The number of hydrogen-bond acceptors (Lipinski definition) is 3. The number of amides is 1. The summed E-state index contributed by atoms with van der Waals surface area (Å²) in [7, 11) is -3.48. The van der Waals surface area contributed by atoms with Gasteiger partial charge >= 0.3 is 6.18 Å². The van der Waals surface area contributed by atoms with Crippen LogP contribution in [-0.4, -0.2) is 38.0 Å². The number of benzene rings is 1. The minimum atomic E-state index is -4.67. The predicted octanol–water partition coefficient (Wildman–Crippen LogP) is 3.36. The van der Waals surface area contributed by atoms with Crippen molar-refractivity contribution < 1.29 is 26.4 Å². The Hall–Kier alpha value is -1.32. The maximum absolute atomic E-state index is 13.0. The van der Waals surface area contributed by atoms with E-state index in [1.54, 1.807) is 6.92 Å². The molecular formula is C14H18ClF3N2O3S. The maximum atomic E-state index is 13.0. The normalized spacial score (nSPS) is 12.5. The number of sulfonamides is 1. The van der Waals surface area contributed by atoms with Crippen LogP contribution in [0.3, 0.4) is 0 Å². The van der Waals surface area contributed by atoms with E-state index in [-0.39, 0.29) is 24.5 Å². The predicted molar refractivity (Wildman–Crippen MR) is 86.4 cm³/mol. The average molecular weight is 387 g/mol. The quantitative estimate of drug-likeness (QED) is 0.781. The fraction of sp³-hybridized carbons (Fsp3) is 0.500. The Morgan fingerprint density at radius 2 is 1.92 bits per heavy atom. The Morgan fingerprint density at radius 1 is 1.29 bits per heavy atom. The summed E-state index contributed by atoms with van der Waals surface area (Å²) in [5.74, 6) is -0.715. The summed E-state index contributed by atoms with van der Waals surface area (Å²) in [6.07, 6.45) is -3.35. The summed E-state index contributed by atoms with van der Waals surface area (Å²) in [6.45, 7) is 1.91. The van der Waals surface area contributed by atoms with Gasteiger partial charge in [-0.1, -0.05) is 18.5 Å². The van der Waals surface area contributed by atoms with Crippen LogP contribution in [-0.2, 0) is 21.0 Å². The molecule has 1 aromatic rings. The number of carbonyl (C=O) groups is 1. The number of rotatable bonds is 7. The molecular weight excluding hydrogens is 369 g/mol.